The summed E-state index contributed by atoms with van der Waals surface area (Å²) in [6.45, 7) is -0.452. The molecule has 1 aromatic rings. The number of carbonyl (C=O) groups is 3. The van der Waals surface area contributed by atoms with E-state index >= 15 is 0 Å². The molecule has 8 heteroatoms. The van der Waals surface area contributed by atoms with Crippen molar-refractivity contribution >= 4 is 27.6 Å². The number of piperazine rings is 1. The van der Waals surface area contributed by atoms with Crippen LogP contribution in [0.1, 0.15) is 6.42 Å². The molecule has 0 radical (unpaired) electrons. The standard InChI is InChI=1S/C13H14N2O5S/c16-11-8-15(9-12(17)14-11)13(18)6-7-21(19,20)10-4-2-1-3-5-10/h1-5H,6-9H2,(H,14,16,17). The molecule has 0 spiro atoms. The number of nitrogens with one attached hydrogen (secondary N) is 1. The first-order chi connectivity index (χ1) is 9.88. The lowest BCUT2D eigenvalue weighted by atomic mass is 10.3. The van der Waals surface area contributed by atoms with Crippen LogP contribution < -0.4 is 5.32 Å². The molecule has 3 amide bonds. The molecule has 0 aromatic heterocycles. The van der Waals surface area contributed by atoms with Gasteiger partial charge in [0.15, 0.2) is 9.84 Å². The molecule has 0 unspecified atom stereocenters. The molecular weight excluding hydrogens is 296 g/mol. The van der Waals surface area contributed by atoms with Gasteiger partial charge in [0, 0.05) is 6.42 Å². The summed E-state index contributed by atoms with van der Waals surface area (Å²) in [7, 11) is -3.55. The second kappa shape index (κ2) is 6.04. The van der Waals surface area contributed by atoms with Crippen molar-refractivity contribution in [1.82, 2.24) is 10.2 Å². The van der Waals surface area contributed by atoms with Gasteiger partial charge >= 0.3 is 0 Å². The molecule has 1 aliphatic heterocycles. The fourth-order valence-electron chi connectivity index (χ4n) is 1.94. The van der Waals surface area contributed by atoms with E-state index in [-0.39, 0.29) is 30.2 Å². The van der Waals surface area contributed by atoms with Crippen molar-refractivity contribution < 1.29 is 22.8 Å². The topological polar surface area (TPSA) is 101 Å². The van der Waals surface area contributed by atoms with Crippen LogP contribution in [0.5, 0.6) is 0 Å². The third kappa shape index (κ3) is 3.88. The SMILES string of the molecule is O=C1CN(C(=O)CCS(=O)(=O)c2ccccc2)CC(=O)N1. The van der Waals surface area contributed by atoms with Crippen LogP contribution >= 0.6 is 0 Å². The quantitative estimate of drug-likeness (QED) is 0.744. The number of benzene rings is 1. The van der Waals surface area contributed by atoms with Crippen LogP contribution in [0.25, 0.3) is 0 Å². The Hall–Kier alpha value is -2.22. The highest BCUT2D eigenvalue weighted by Gasteiger charge is 2.27. The van der Waals surface area contributed by atoms with E-state index in [2.05, 4.69) is 5.32 Å². The first kappa shape index (κ1) is 15.2. The monoisotopic (exact) mass is 310 g/mol. The Morgan fingerprint density at radius 1 is 1.10 bits per heavy atom. The number of nitrogens with zero attached hydrogens (tertiary/aromatic N) is 1. The number of hydrogen-bond donors (Lipinski definition) is 1. The maximum atomic E-state index is 12.0. The summed E-state index contributed by atoms with van der Waals surface area (Å²) in [4.78, 5) is 35.4. The zero-order valence-electron chi connectivity index (χ0n) is 11.1. The van der Waals surface area contributed by atoms with Crippen molar-refractivity contribution in [2.45, 2.75) is 11.3 Å². The third-order valence-corrected chi connectivity index (χ3v) is 4.72. The van der Waals surface area contributed by atoms with Gasteiger partial charge < -0.3 is 4.90 Å². The van der Waals surface area contributed by atoms with Gasteiger partial charge in [0.05, 0.1) is 10.6 Å². The summed E-state index contributed by atoms with van der Waals surface area (Å²) in [6, 6.07) is 7.81. The molecule has 7 nitrogen and oxygen atoms in total. The predicted molar refractivity (Wildman–Crippen MR) is 72.8 cm³/mol. The molecule has 0 bridgehead atoms. The molecule has 1 saturated heterocycles. The van der Waals surface area contributed by atoms with Gasteiger partial charge in [-0.15, -0.1) is 0 Å². The molecule has 0 atom stereocenters. The highest BCUT2D eigenvalue weighted by atomic mass is 32.2. The normalized spacial score (nSPS) is 15.7. The molecule has 2 rings (SSSR count). The summed E-state index contributed by atoms with van der Waals surface area (Å²) < 4.78 is 24.1. The third-order valence-electron chi connectivity index (χ3n) is 2.99. The van der Waals surface area contributed by atoms with Crippen LogP contribution in [0.4, 0.5) is 0 Å². The molecule has 1 heterocycles. The van der Waals surface area contributed by atoms with Gasteiger partial charge in [0.25, 0.3) is 0 Å². The number of hydrogen-bond acceptors (Lipinski definition) is 5. The highest BCUT2D eigenvalue weighted by Crippen LogP contribution is 2.12. The number of carbonyl (C=O) groups excluding carboxylic acids is 3. The minimum absolute atomic E-state index is 0.144. The first-order valence-corrected chi connectivity index (χ1v) is 7.92. The summed E-state index contributed by atoms with van der Waals surface area (Å²) in [6.07, 6.45) is -0.266. The Bertz CT molecular complexity index is 653. The van der Waals surface area contributed by atoms with Crippen LogP contribution in [0.15, 0.2) is 35.2 Å². The van der Waals surface area contributed by atoms with E-state index in [0.717, 1.165) is 4.90 Å². The number of imide groups is 1. The van der Waals surface area contributed by atoms with E-state index < -0.39 is 27.6 Å². The second-order valence-electron chi connectivity index (χ2n) is 4.60. The second-order valence-corrected chi connectivity index (χ2v) is 6.71. The lowest BCUT2D eigenvalue weighted by Gasteiger charge is -2.25. The Morgan fingerprint density at radius 3 is 2.24 bits per heavy atom. The number of sulfone groups is 1. The average Bonchev–Trinajstić information content (AvgIpc) is 2.45. The Labute approximate surface area is 121 Å². The van der Waals surface area contributed by atoms with E-state index in [1.54, 1.807) is 18.2 Å². The smallest absolute Gasteiger partial charge is 0.246 e. The lowest BCUT2D eigenvalue weighted by molar-refractivity contribution is -0.145. The van der Waals surface area contributed by atoms with Gasteiger partial charge in [-0.05, 0) is 12.1 Å². The minimum Gasteiger partial charge on any atom is -0.324 e. The van der Waals surface area contributed by atoms with Gasteiger partial charge in [-0.3, -0.25) is 19.7 Å². The van der Waals surface area contributed by atoms with E-state index in [1.807, 2.05) is 0 Å². The summed E-state index contributed by atoms with van der Waals surface area (Å²) in [5.74, 6) is -2.02. The molecule has 1 N–H and O–H groups in total. The first-order valence-electron chi connectivity index (χ1n) is 6.27. The summed E-state index contributed by atoms with van der Waals surface area (Å²) in [5.41, 5.74) is 0. The van der Waals surface area contributed by atoms with Crippen molar-refractivity contribution in [3.05, 3.63) is 30.3 Å². The van der Waals surface area contributed by atoms with E-state index in [1.165, 1.54) is 12.1 Å². The largest absolute Gasteiger partial charge is 0.324 e. The molecule has 112 valence electrons. The van der Waals surface area contributed by atoms with Crippen molar-refractivity contribution in [3.63, 3.8) is 0 Å². The highest BCUT2D eigenvalue weighted by molar-refractivity contribution is 7.91. The fraction of sp³-hybridized carbons (Fsp3) is 0.308. The predicted octanol–water partition coefficient (Wildman–Crippen LogP) is -0.665. The molecule has 1 aromatic carbocycles. The number of amides is 3. The van der Waals surface area contributed by atoms with Crippen molar-refractivity contribution in [1.29, 1.82) is 0 Å². The Morgan fingerprint density at radius 2 is 1.67 bits per heavy atom. The molecular formula is C13H14N2O5S. The maximum Gasteiger partial charge on any atom is 0.246 e. The molecule has 1 fully saturated rings. The minimum atomic E-state index is -3.55. The van der Waals surface area contributed by atoms with Crippen LogP contribution in [-0.2, 0) is 24.2 Å². The molecule has 0 aliphatic carbocycles. The van der Waals surface area contributed by atoms with Gasteiger partial charge in [-0.25, -0.2) is 8.42 Å². The molecule has 0 saturated carbocycles. The van der Waals surface area contributed by atoms with Gasteiger partial charge in [-0.1, -0.05) is 18.2 Å². The number of rotatable bonds is 4. The Kier molecular flexibility index (Phi) is 4.37. The van der Waals surface area contributed by atoms with Crippen molar-refractivity contribution in [2.75, 3.05) is 18.8 Å². The van der Waals surface area contributed by atoms with Crippen LogP contribution in [0.2, 0.25) is 0 Å². The van der Waals surface area contributed by atoms with Gasteiger partial charge in [0.2, 0.25) is 17.7 Å². The molecule has 21 heavy (non-hydrogen) atoms. The van der Waals surface area contributed by atoms with E-state index in [4.69, 9.17) is 0 Å². The zero-order valence-corrected chi connectivity index (χ0v) is 11.9. The molecule has 1 aliphatic rings. The zero-order chi connectivity index (χ0) is 15.5. The average molecular weight is 310 g/mol. The van der Waals surface area contributed by atoms with Gasteiger partial charge in [-0.2, -0.15) is 0 Å². The van der Waals surface area contributed by atoms with Crippen LogP contribution in [0, 0.1) is 0 Å². The van der Waals surface area contributed by atoms with Crippen LogP contribution in [0.3, 0.4) is 0 Å². The van der Waals surface area contributed by atoms with E-state index in [9.17, 15) is 22.8 Å². The maximum absolute atomic E-state index is 12.0. The van der Waals surface area contributed by atoms with E-state index in [0.29, 0.717) is 0 Å². The Balaban J connectivity index is 1.98. The van der Waals surface area contributed by atoms with Crippen molar-refractivity contribution in [2.24, 2.45) is 0 Å². The summed E-state index contributed by atoms with van der Waals surface area (Å²) in [5, 5.41) is 2.07. The van der Waals surface area contributed by atoms with Crippen molar-refractivity contribution in [3.8, 4) is 0 Å². The fourth-order valence-corrected chi connectivity index (χ4v) is 3.19. The lowest BCUT2D eigenvalue weighted by Crippen LogP contribution is -2.53. The van der Waals surface area contributed by atoms with Crippen LogP contribution in [-0.4, -0.2) is 49.9 Å². The summed E-state index contributed by atoms with van der Waals surface area (Å²) >= 11 is 0. The van der Waals surface area contributed by atoms with Gasteiger partial charge in [0.1, 0.15) is 13.1 Å².